The molecule has 0 radical (unpaired) electrons. The molecule has 0 saturated carbocycles. The summed E-state index contributed by atoms with van der Waals surface area (Å²) in [6, 6.07) is -0.306. The van der Waals surface area contributed by atoms with Crippen molar-refractivity contribution < 1.29 is 9.90 Å². The van der Waals surface area contributed by atoms with Gasteiger partial charge in [-0.2, -0.15) is 0 Å². The second kappa shape index (κ2) is 3.44. The third kappa shape index (κ3) is 1.78. The van der Waals surface area contributed by atoms with Crippen LogP contribution in [0.5, 0.6) is 0 Å². The molecule has 3 nitrogen and oxygen atoms in total. The maximum Gasteiger partial charge on any atom is 0.320 e. The smallest absolute Gasteiger partial charge is 0.320 e. The third-order valence-electron chi connectivity index (χ3n) is 2.79. The van der Waals surface area contributed by atoms with Crippen molar-refractivity contribution in [2.75, 3.05) is 13.1 Å². The number of aliphatic carboxylic acids is 1. The number of hydrogen-bond acceptors (Lipinski definition) is 2. The van der Waals surface area contributed by atoms with Crippen LogP contribution in [0.15, 0.2) is 0 Å². The van der Waals surface area contributed by atoms with Crippen LogP contribution in [0.3, 0.4) is 0 Å². The van der Waals surface area contributed by atoms with E-state index < -0.39 is 5.97 Å². The van der Waals surface area contributed by atoms with Gasteiger partial charge >= 0.3 is 5.97 Å². The van der Waals surface area contributed by atoms with Crippen LogP contribution < -0.4 is 0 Å². The van der Waals surface area contributed by atoms with Gasteiger partial charge in [-0.25, -0.2) is 0 Å². The minimum atomic E-state index is -0.711. The van der Waals surface area contributed by atoms with Gasteiger partial charge in [0, 0.05) is 13.1 Å². The van der Waals surface area contributed by atoms with E-state index in [1.807, 2.05) is 4.90 Å². The lowest BCUT2D eigenvalue weighted by atomic mass is 9.87. The summed E-state index contributed by atoms with van der Waals surface area (Å²) in [6.07, 6.45) is 0. The maximum atomic E-state index is 10.6. The van der Waals surface area contributed by atoms with Crippen LogP contribution in [-0.2, 0) is 4.79 Å². The molecule has 0 aromatic rings. The number of hydrogen-bond donors (Lipinski definition) is 1. The maximum absolute atomic E-state index is 10.6. The summed E-state index contributed by atoms with van der Waals surface area (Å²) in [5, 5.41) is 8.70. The average Bonchev–Trinajstić information content (AvgIpc) is 1.82. The summed E-state index contributed by atoms with van der Waals surface area (Å²) >= 11 is 0. The molecule has 1 aliphatic rings. The Kier molecular flexibility index (Phi) is 2.73. The molecule has 1 heterocycles. The van der Waals surface area contributed by atoms with E-state index in [1.54, 1.807) is 6.92 Å². The van der Waals surface area contributed by atoms with Gasteiger partial charge in [-0.1, -0.05) is 13.8 Å². The fourth-order valence-electron chi connectivity index (χ4n) is 1.44. The molecule has 0 aromatic heterocycles. The molecule has 1 aliphatic heterocycles. The molecule has 1 fully saturated rings. The monoisotopic (exact) mass is 171 g/mol. The Morgan fingerprint density at radius 1 is 1.42 bits per heavy atom. The summed E-state index contributed by atoms with van der Waals surface area (Å²) in [6.45, 7) is 8.02. The van der Waals surface area contributed by atoms with Crippen LogP contribution >= 0.6 is 0 Å². The predicted molar refractivity (Wildman–Crippen MR) is 47.0 cm³/mol. The molecule has 1 saturated heterocycles. The average molecular weight is 171 g/mol. The highest BCUT2D eigenvalue weighted by Crippen LogP contribution is 2.24. The van der Waals surface area contributed by atoms with Crippen molar-refractivity contribution in [1.82, 2.24) is 4.90 Å². The van der Waals surface area contributed by atoms with E-state index in [0.29, 0.717) is 11.8 Å². The highest BCUT2D eigenvalue weighted by Gasteiger charge is 2.34. The number of rotatable bonds is 3. The molecule has 1 unspecified atom stereocenters. The molecular weight excluding hydrogens is 154 g/mol. The zero-order chi connectivity index (χ0) is 9.30. The molecule has 12 heavy (non-hydrogen) atoms. The second-order valence-electron chi connectivity index (χ2n) is 3.97. The standard InChI is InChI=1S/C9H17NO2/c1-6(2)8-4-10(5-8)7(3)9(11)12/h6-8H,4-5H2,1-3H3,(H,11,12). The van der Waals surface area contributed by atoms with E-state index in [-0.39, 0.29) is 6.04 Å². The van der Waals surface area contributed by atoms with Crippen molar-refractivity contribution in [3.63, 3.8) is 0 Å². The first kappa shape index (κ1) is 9.52. The molecule has 0 amide bonds. The van der Waals surface area contributed by atoms with E-state index in [4.69, 9.17) is 5.11 Å². The van der Waals surface area contributed by atoms with E-state index >= 15 is 0 Å². The number of carboxylic acid groups (broad SMARTS) is 1. The molecule has 1 rings (SSSR count). The first-order chi connectivity index (χ1) is 5.52. The lowest BCUT2D eigenvalue weighted by molar-refractivity contribution is -0.145. The molecule has 3 heteroatoms. The molecule has 0 spiro atoms. The van der Waals surface area contributed by atoms with Gasteiger partial charge in [0.15, 0.2) is 0 Å². The molecule has 0 aromatic carbocycles. The summed E-state index contributed by atoms with van der Waals surface area (Å²) in [4.78, 5) is 12.6. The Bertz CT molecular complexity index is 173. The highest BCUT2D eigenvalue weighted by atomic mass is 16.4. The topological polar surface area (TPSA) is 40.5 Å². The Balaban J connectivity index is 2.29. The van der Waals surface area contributed by atoms with Gasteiger partial charge in [0.25, 0.3) is 0 Å². The zero-order valence-electron chi connectivity index (χ0n) is 7.95. The fraction of sp³-hybridized carbons (Fsp3) is 0.889. The summed E-state index contributed by atoms with van der Waals surface area (Å²) in [5.74, 6) is 0.672. The van der Waals surface area contributed by atoms with Crippen molar-refractivity contribution in [2.24, 2.45) is 11.8 Å². The summed E-state index contributed by atoms with van der Waals surface area (Å²) in [5.41, 5.74) is 0. The van der Waals surface area contributed by atoms with Crippen molar-refractivity contribution in [3.8, 4) is 0 Å². The molecule has 0 aliphatic carbocycles. The van der Waals surface area contributed by atoms with Crippen LogP contribution in [0.4, 0.5) is 0 Å². The molecule has 1 N–H and O–H groups in total. The van der Waals surface area contributed by atoms with Gasteiger partial charge < -0.3 is 5.11 Å². The van der Waals surface area contributed by atoms with Crippen LogP contribution in [0, 0.1) is 11.8 Å². The number of carbonyl (C=O) groups is 1. The van der Waals surface area contributed by atoms with Crippen LogP contribution in [0.25, 0.3) is 0 Å². The zero-order valence-corrected chi connectivity index (χ0v) is 7.95. The van der Waals surface area contributed by atoms with Gasteiger partial charge in [-0.15, -0.1) is 0 Å². The summed E-state index contributed by atoms with van der Waals surface area (Å²) < 4.78 is 0. The van der Waals surface area contributed by atoms with Gasteiger partial charge in [-0.3, -0.25) is 9.69 Å². The molecule has 0 bridgehead atoms. The molecular formula is C9H17NO2. The van der Waals surface area contributed by atoms with Gasteiger partial charge in [0.05, 0.1) is 0 Å². The molecule has 70 valence electrons. The minimum Gasteiger partial charge on any atom is -0.480 e. The highest BCUT2D eigenvalue weighted by molar-refractivity contribution is 5.73. The first-order valence-electron chi connectivity index (χ1n) is 4.49. The summed E-state index contributed by atoms with van der Waals surface area (Å²) in [7, 11) is 0. The number of nitrogens with zero attached hydrogens (tertiary/aromatic N) is 1. The van der Waals surface area contributed by atoms with Crippen LogP contribution in [-0.4, -0.2) is 35.1 Å². The Morgan fingerprint density at radius 3 is 2.25 bits per heavy atom. The minimum absolute atomic E-state index is 0.306. The Hall–Kier alpha value is -0.570. The van der Waals surface area contributed by atoms with E-state index in [0.717, 1.165) is 13.1 Å². The lowest BCUT2D eigenvalue weighted by Crippen LogP contribution is -2.55. The lowest BCUT2D eigenvalue weighted by Gasteiger charge is -2.43. The van der Waals surface area contributed by atoms with Crippen LogP contribution in [0.2, 0.25) is 0 Å². The largest absolute Gasteiger partial charge is 0.480 e. The Labute approximate surface area is 73.4 Å². The van der Waals surface area contributed by atoms with Crippen molar-refractivity contribution in [3.05, 3.63) is 0 Å². The van der Waals surface area contributed by atoms with Crippen molar-refractivity contribution >= 4 is 5.97 Å². The van der Waals surface area contributed by atoms with E-state index in [2.05, 4.69) is 13.8 Å². The van der Waals surface area contributed by atoms with E-state index in [1.165, 1.54) is 0 Å². The SMILES string of the molecule is CC(C)C1CN(C(C)C(=O)O)C1. The van der Waals surface area contributed by atoms with Crippen LogP contribution in [0.1, 0.15) is 20.8 Å². The second-order valence-corrected chi connectivity index (χ2v) is 3.97. The van der Waals surface area contributed by atoms with Crippen molar-refractivity contribution in [2.45, 2.75) is 26.8 Å². The molecule has 1 atom stereocenters. The quantitative estimate of drug-likeness (QED) is 0.690. The fourth-order valence-corrected chi connectivity index (χ4v) is 1.44. The third-order valence-corrected chi connectivity index (χ3v) is 2.79. The number of carboxylic acids is 1. The first-order valence-corrected chi connectivity index (χ1v) is 4.49. The van der Waals surface area contributed by atoms with Gasteiger partial charge in [0.1, 0.15) is 6.04 Å². The normalized spacial score (nSPS) is 22.3. The van der Waals surface area contributed by atoms with E-state index in [9.17, 15) is 4.79 Å². The van der Waals surface area contributed by atoms with Gasteiger partial charge in [0.2, 0.25) is 0 Å². The van der Waals surface area contributed by atoms with Gasteiger partial charge in [-0.05, 0) is 18.8 Å². The van der Waals surface area contributed by atoms with Crippen molar-refractivity contribution in [1.29, 1.82) is 0 Å². The predicted octanol–water partition coefficient (Wildman–Crippen LogP) is 1.05. The number of likely N-dealkylation sites (tertiary alicyclic amines) is 1. The Morgan fingerprint density at radius 2 is 1.92 bits per heavy atom.